The number of amides is 1. The number of rotatable bonds is 9. The number of nitrogens with one attached hydrogen (secondary N) is 1. The van der Waals surface area contributed by atoms with Crippen LogP contribution in [0.5, 0.6) is 5.75 Å². The fraction of sp³-hybridized carbons (Fsp3) is 0.528. The van der Waals surface area contributed by atoms with Crippen LogP contribution in [-0.2, 0) is 21.9 Å². The molecule has 0 saturated heterocycles. The summed E-state index contributed by atoms with van der Waals surface area (Å²) < 4.78 is 33.8. The summed E-state index contributed by atoms with van der Waals surface area (Å²) in [7, 11) is -3.82. The van der Waals surface area contributed by atoms with Gasteiger partial charge in [-0.05, 0) is 106 Å². The number of benzene rings is 2. The van der Waals surface area contributed by atoms with Crippen molar-refractivity contribution in [2.24, 2.45) is 11.8 Å². The van der Waals surface area contributed by atoms with E-state index in [9.17, 15) is 23.4 Å². The number of halogens is 1. The first-order valence-electron chi connectivity index (χ1n) is 16.3. The van der Waals surface area contributed by atoms with E-state index in [1.54, 1.807) is 24.3 Å². The van der Waals surface area contributed by atoms with Crippen molar-refractivity contribution in [3.8, 4) is 17.6 Å². The molecule has 1 amide bonds. The minimum absolute atomic E-state index is 0.0671. The summed E-state index contributed by atoms with van der Waals surface area (Å²) in [6.45, 7) is 6.65. The minimum atomic E-state index is -3.82. The van der Waals surface area contributed by atoms with Gasteiger partial charge in [0.2, 0.25) is 10.0 Å². The molecule has 248 valence electrons. The zero-order valence-electron chi connectivity index (χ0n) is 26.9. The Bertz CT molecular complexity index is 1650. The van der Waals surface area contributed by atoms with E-state index in [0.29, 0.717) is 36.9 Å². The van der Waals surface area contributed by atoms with Crippen LogP contribution in [0, 0.1) is 23.7 Å². The molecule has 1 aliphatic heterocycles. The quantitative estimate of drug-likeness (QED) is 0.242. The van der Waals surface area contributed by atoms with E-state index in [1.807, 2.05) is 25.1 Å². The molecule has 3 N–H and O–H groups in total. The van der Waals surface area contributed by atoms with Crippen LogP contribution < -0.4 is 14.4 Å². The van der Waals surface area contributed by atoms with Gasteiger partial charge in [-0.1, -0.05) is 42.5 Å². The molecule has 1 heterocycles. The zero-order chi connectivity index (χ0) is 33.1. The van der Waals surface area contributed by atoms with Crippen LogP contribution in [0.1, 0.15) is 80.8 Å². The fourth-order valence-electron chi connectivity index (χ4n) is 7.03. The fourth-order valence-corrected chi connectivity index (χ4v) is 7.83. The van der Waals surface area contributed by atoms with E-state index < -0.39 is 26.8 Å². The van der Waals surface area contributed by atoms with E-state index in [1.165, 1.54) is 25.0 Å². The van der Waals surface area contributed by atoms with E-state index in [4.69, 9.17) is 16.3 Å². The molecule has 1 fully saturated rings. The van der Waals surface area contributed by atoms with Crippen LogP contribution in [0.25, 0.3) is 0 Å². The third-order valence-electron chi connectivity index (χ3n) is 9.73. The third kappa shape index (κ3) is 7.11. The Balaban J connectivity index is 1.54. The molecule has 0 aromatic heterocycles. The molecule has 8 nitrogen and oxygen atoms in total. The number of allylic oxidation sites excluding steroid dienone is 1. The number of nitrogens with zero attached hydrogens (tertiary/aromatic N) is 1. The first-order chi connectivity index (χ1) is 21.9. The van der Waals surface area contributed by atoms with Gasteiger partial charge in [-0.25, -0.2) is 13.1 Å². The maximum Gasteiger partial charge on any atom is 0.264 e. The highest BCUT2D eigenvalue weighted by molar-refractivity contribution is 7.90. The first-order valence-corrected chi connectivity index (χ1v) is 18.2. The van der Waals surface area contributed by atoms with Gasteiger partial charge in [0.05, 0.1) is 24.2 Å². The molecular formula is C36H45ClN2O6S. The summed E-state index contributed by atoms with van der Waals surface area (Å²) in [6, 6.07) is 11.2. The maximum atomic E-state index is 13.2. The SMILES string of the molecule is CC/C=C/[C@](O)(C#CCCO)[C@@H]1CC[C@H]1CN1C[C@@]2(CCCc3cc(Cl)ccc32)COc2ccc(C(=O)NS(=O)(=O)C(C)C)cc21. The van der Waals surface area contributed by atoms with E-state index >= 15 is 0 Å². The number of hydrogen-bond acceptors (Lipinski definition) is 7. The molecule has 0 radical (unpaired) electrons. The predicted octanol–water partition coefficient (Wildman–Crippen LogP) is 5.39. The van der Waals surface area contributed by atoms with Crippen LogP contribution in [0.3, 0.4) is 0 Å². The van der Waals surface area contributed by atoms with Gasteiger partial charge in [0.1, 0.15) is 11.4 Å². The van der Waals surface area contributed by atoms with Gasteiger partial charge in [0.25, 0.3) is 5.91 Å². The van der Waals surface area contributed by atoms with Crippen molar-refractivity contribution in [1.29, 1.82) is 0 Å². The number of aliphatic hydroxyl groups is 2. The van der Waals surface area contributed by atoms with Gasteiger partial charge in [-0.3, -0.25) is 4.79 Å². The Morgan fingerprint density at radius 1 is 1.26 bits per heavy atom. The summed E-state index contributed by atoms with van der Waals surface area (Å²) in [5.74, 6) is 5.91. The highest BCUT2D eigenvalue weighted by atomic mass is 35.5. The molecule has 1 saturated carbocycles. The summed E-state index contributed by atoms with van der Waals surface area (Å²) in [4.78, 5) is 15.5. The second-order valence-electron chi connectivity index (χ2n) is 13.2. The van der Waals surface area contributed by atoms with Gasteiger partial charge < -0.3 is 19.8 Å². The summed E-state index contributed by atoms with van der Waals surface area (Å²) in [5.41, 5.74) is 1.72. The normalized spacial score (nSPS) is 23.8. The van der Waals surface area contributed by atoms with Gasteiger partial charge in [0, 0.05) is 41.4 Å². The summed E-state index contributed by atoms with van der Waals surface area (Å²) in [6.07, 6.45) is 9.33. The van der Waals surface area contributed by atoms with Crippen molar-refractivity contribution in [1.82, 2.24) is 4.72 Å². The number of sulfonamides is 1. The lowest BCUT2D eigenvalue weighted by Gasteiger charge is -2.47. The molecule has 3 aliphatic rings. The molecule has 0 unspecified atom stereocenters. The third-order valence-corrected chi connectivity index (χ3v) is 11.7. The van der Waals surface area contributed by atoms with Gasteiger partial charge in [-0.2, -0.15) is 0 Å². The number of carbonyl (C=O) groups is 1. The number of fused-ring (bicyclic) bond motifs is 3. The van der Waals surface area contributed by atoms with Gasteiger partial charge >= 0.3 is 0 Å². The molecule has 2 aliphatic carbocycles. The average molecular weight is 669 g/mol. The van der Waals surface area contributed by atoms with E-state index in [-0.39, 0.29) is 29.4 Å². The topological polar surface area (TPSA) is 116 Å². The Morgan fingerprint density at radius 3 is 2.76 bits per heavy atom. The highest BCUT2D eigenvalue weighted by Crippen LogP contribution is 2.48. The number of carbonyl (C=O) groups excluding carboxylic acids is 1. The van der Waals surface area contributed by atoms with Crippen molar-refractivity contribution < 1.29 is 28.2 Å². The zero-order valence-corrected chi connectivity index (χ0v) is 28.5. The molecule has 10 heteroatoms. The molecular weight excluding hydrogens is 624 g/mol. The molecule has 4 atom stereocenters. The van der Waals surface area contributed by atoms with Crippen LogP contribution >= 0.6 is 11.6 Å². The van der Waals surface area contributed by atoms with Crippen LogP contribution in [0.15, 0.2) is 48.6 Å². The first kappa shape index (κ1) is 34.3. The van der Waals surface area contributed by atoms with Crippen LogP contribution in [0.4, 0.5) is 5.69 Å². The van der Waals surface area contributed by atoms with E-state index in [2.05, 4.69) is 27.5 Å². The lowest BCUT2D eigenvalue weighted by molar-refractivity contribution is -0.00321. The second kappa shape index (κ2) is 14.0. The average Bonchev–Trinajstić information content (AvgIpc) is 3.15. The number of aliphatic hydroxyl groups excluding tert-OH is 1. The molecule has 2 aromatic carbocycles. The Kier molecular flexibility index (Phi) is 10.4. The van der Waals surface area contributed by atoms with Crippen LogP contribution in [-0.4, -0.2) is 61.7 Å². The van der Waals surface area contributed by atoms with Crippen molar-refractivity contribution in [2.75, 3.05) is 31.2 Å². The molecule has 46 heavy (non-hydrogen) atoms. The summed E-state index contributed by atoms with van der Waals surface area (Å²) in [5, 5.41) is 21.1. The van der Waals surface area contributed by atoms with Crippen molar-refractivity contribution >= 4 is 33.2 Å². The number of hydrogen-bond donors (Lipinski definition) is 3. The van der Waals surface area contributed by atoms with Gasteiger partial charge in [-0.15, -0.1) is 0 Å². The Labute approximate surface area is 278 Å². The Hall–Kier alpha value is -3.03. The highest BCUT2D eigenvalue weighted by Gasteiger charge is 2.47. The van der Waals surface area contributed by atoms with Gasteiger partial charge in [0.15, 0.2) is 0 Å². The number of anilines is 1. The minimum Gasteiger partial charge on any atom is -0.490 e. The summed E-state index contributed by atoms with van der Waals surface area (Å²) >= 11 is 6.41. The molecule has 2 aromatic rings. The number of ether oxygens (including phenoxy) is 1. The lowest BCUT2D eigenvalue weighted by atomic mass is 9.64. The molecule has 0 bridgehead atoms. The smallest absolute Gasteiger partial charge is 0.264 e. The maximum absolute atomic E-state index is 13.2. The van der Waals surface area contributed by atoms with Crippen molar-refractivity contribution in [3.63, 3.8) is 0 Å². The standard InChI is InChI=1S/C36H45ClN2O6S/c1-4-5-17-36(42,18-6-7-19-40)31-13-10-28(31)22-39-23-35(16-8-9-26-20-29(37)12-14-30(26)35)24-45-33-15-11-27(21-32(33)39)34(41)38-46(43,44)25(2)3/h5,11-12,14-15,17,20-21,25,28,31,40,42H,4,7-10,13,16,19,22-24H2,1-3H3,(H,38,41)/b17-5+/t28-,31+,35-,36-/m0/s1. The predicted molar refractivity (Wildman–Crippen MR) is 182 cm³/mol. The largest absolute Gasteiger partial charge is 0.490 e. The number of aryl methyl sites for hydroxylation is 1. The monoisotopic (exact) mass is 668 g/mol. The lowest BCUT2D eigenvalue weighted by Crippen LogP contribution is -2.52. The Morgan fingerprint density at radius 2 is 2.07 bits per heavy atom. The van der Waals surface area contributed by atoms with E-state index in [0.717, 1.165) is 44.2 Å². The second-order valence-corrected chi connectivity index (χ2v) is 15.8. The van der Waals surface area contributed by atoms with Crippen molar-refractivity contribution in [2.45, 2.75) is 82.0 Å². The van der Waals surface area contributed by atoms with Crippen LogP contribution in [0.2, 0.25) is 5.02 Å². The van der Waals surface area contributed by atoms with Crippen molar-refractivity contribution in [3.05, 3.63) is 70.3 Å². The molecule has 5 rings (SSSR count). The molecule has 1 spiro atoms.